The summed E-state index contributed by atoms with van der Waals surface area (Å²) in [5, 5.41) is 12.0. The highest BCUT2D eigenvalue weighted by Gasteiger charge is 2.52. The van der Waals surface area contributed by atoms with Crippen molar-refractivity contribution in [3.8, 4) is 0 Å². The molecular weight excluding hydrogens is 356 g/mol. The normalized spacial score (nSPS) is 18.7. The third-order valence-corrected chi connectivity index (χ3v) is 4.24. The molecule has 1 unspecified atom stereocenters. The highest BCUT2D eigenvalue weighted by Crippen LogP contribution is 2.44. The van der Waals surface area contributed by atoms with Gasteiger partial charge >= 0.3 is 18.0 Å². The first kappa shape index (κ1) is 20.2. The first-order valence-corrected chi connectivity index (χ1v) is 8.11. The number of likely N-dealkylation sites (N-methyl/N-ethyl adjacent to an activating group) is 1. The van der Waals surface area contributed by atoms with Gasteiger partial charge in [0.05, 0.1) is 24.0 Å². The summed E-state index contributed by atoms with van der Waals surface area (Å²) in [7, 11) is 2.57. The van der Waals surface area contributed by atoms with E-state index in [2.05, 4.69) is 5.32 Å². The number of amides is 2. The minimum absolute atomic E-state index is 0.0455. The standard InChI is InChI=1S/C18H22N2O7/c1-17(2,3)27-16(25)19-11-8-12-10(7-9(11)13(21)26-6)18(4,15(23)24)14(22)20(12)5/h7-8H,1-6H3,(H,19,25)(H,23,24). The molecule has 9 nitrogen and oxygen atoms in total. The van der Waals surface area contributed by atoms with Gasteiger partial charge in [0.2, 0.25) is 5.91 Å². The molecule has 0 bridgehead atoms. The molecule has 1 aliphatic heterocycles. The van der Waals surface area contributed by atoms with Gasteiger partial charge in [0.15, 0.2) is 5.41 Å². The molecule has 0 spiro atoms. The lowest BCUT2D eigenvalue weighted by Crippen LogP contribution is -2.42. The number of carboxylic acids is 1. The smallest absolute Gasteiger partial charge is 0.412 e. The quantitative estimate of drug-likeness (QED) is 0.610. The molecule has 146 valence electrons. The average Bonchev–Trinajstić information content (AvgIpc) is 2.74. The summed E-state index contributed by atoms with van der Waals surface area (Å²) < 4.78 is 9.90. The van der Waals surface area contributed by atoms with Crippen molar-refractivity contribution in [3.63, 3.8) is 0 Å². The molecule has 0 saturated carbocycles. The van der Waals surface area contributed by atoms with E-state index in [0.29, 0.717) is 0 Å². The number of anilines is 2. The van der Waals surface area contributed by atoms with Gasteiger partial charge in [-0.15, -0.1) is 0 Å². The molecule has 1 aromatic rings. The van der Waals surface area contributed by atoms with E-state index in [9.17, 15) is 24.3 Å². The third kappa shape index (κ3) is 3.44. The Morgan fingerprint density at radius 3 is 2.30 bits per heavy atom. The number of ether oxygens (including phenoxy) is 2. The Labute approximate surface area is 156 Å². The molecule has 1 atom stereocenters. The number of fused-ring (bicyclic) bond motifs is 1. The van der Waals surface area contributed by atoms with Gasteiger partial charge in [0.25, 0.3) is 0 Å². The molecule has 27 heavy (non-hydrogen) atoms. The molecule has 1 heterocycles. The number of hydrogen-bond acceptors (Lipinski definition) is 6. The summed E-state index contributed by atoms with van der Waals surface area (Å²) in [5.41, 5.74) is -2.25. The Bertz CT molecular complexity index is 841. The van der Waals surface area contributed by atoms with Crippen molar-refractivity contribution < 1.29 is 33.8 Å². The van der Waals surface area contributed by atoms with E-state index >= 15 is 0 Å². The number of nitrogens with zero attached hydrogens (tertiary/aromatic N) is 1. The molecule has 1 aromatic carbocycles. The number of esters is 1. The van der Waals surface area contributed by atoms with Gasteiger partial charge in [0, 0.05) is 12.6 Å². The minimum Gasteiger partial charge on any atom is -0.480 e. The molecule has 2 rings (SSSR count). The second-order valence-corrected chi connectivity index (χ2v) is 7.33. The van der Waals surface area contributed by atoms with Gasteiger partial charge in [0.1, 0.15) is 5.60 Å². The second kappa shape index (κ2) is 6.57. The monoisotopic (exact) mass is 378 g/mol. The van der Waals surface area contributed by atoms with Crippen molar-refractivity contribution in [2.24, 2.45) is 0 Å². The maximum absolute atomic E-state index is 12.5. The van der Waals surface area contributed by atoms with E-state index in [4.69, 9.17) is 9.47 Å². The van der Waals surface area contributed by atoms with E-state index in [0.717, 1.165) is 7.11 Å². The Kier molecular flexibility index (Phi) is 4.92. The van der Waals surface area contributed by atoms with Gasteiger partial charge in [-0.3, -0.25) is 14.9 Å². The lowest BCUT2D eigenvalue weighted by Gasteiger charge is -2.21. The van der Waals surface area contributed by atoms with Gasteiger partial charge < -0.3 is 19.5 Å². The molecule has 1 aliphatic rings. The van der Waals surface area contributed by atoms with Crippen LogP contribution in [0, 0.1) is 0 Å². The van der Waals surface area contributed by atoms with Crippen LogP contribution in [-0.2, 0) is 24.5 Å². The number of aliphatic carboxylic acids is 1. The Balaban J connectivity index is 2.61. The fourth-order valence-electron chi connectivity index (χ4n) is 2.83. The van der Waals surface area contributed by atoms with Crippen molar-refractivity contribution in [2.45, 2.75) is 38.7 Å². The fourth-order valence-corrected chi connectivity index (χ4v) is 2.83. The number of benzene rings is 1. The van der Waals surface area contributed by atoms with E-state index in [1.54, 1.807) is 20.8 Å². The molecule has 0 aromatic heterocycles. The van der Waals surface area contributed by atoms with Crippen molar-refractivity contribution in [2.75, 3.05) is 24.4 Å². The largest absolute Gasteiger partial charge is 0.480 e. The molecular formula is C18H22N2O7. The lowest BCUT2D eigenvalue weighted by molar-refractivity contribution is -0.147. The van der Waals surface area contributed by atoms with Crippen LogP contribution in [0.1, 0.15) is 43.6 Å². The summed E-state index contributed by atoms with van der Waals surface area (Å²) in [6.45, 7) is 6.31. The van der Waals surface area contributed by atoms with Crippen LogP contribution in [0.25, 0.3) is 0 Å². The van der Waals surface area contributed by atoms with Gasteiger partial charge in [-0.2, -0.15) is 0 Å². The Morgan fingerprint density at radius 1 is 1.22 bits per heavy atom. The predicted octanol–water partition coefficient (Wildman–Crippen LogP) is 2.14. The van der Waals surface area contributed by atoms with Crippen molar-refractivity contribution >= 4 is 35.3 Å². The average molecular weight is 378 g/mol. The number of methoxy groups -OCH3 is 1. The first-order chi connectivity index (χ1) is 12.3. The van der Waals surface area contributed by atoms with Crippen LogP contribution in [0.2, 0.25) is 0 Å². The number of rotatable bonds is 3. The minimum atomic E-state index is -1.85. The molecule has 0 radical (unpaired) electrons. The van der Waals surface area contributed by atoms with Gasteiger partial charge in [-0.05, 0) is 39.8 Å². The highest BCUT2D eigenvalue weighted by molar-refractivity contribution is 6.20. The number of carbonyl (C=O) groups is 4. The maximum atomic E-state index is 12.5. The Morgan fingerprint density at radius 2 is 1.81 bits per heavy atom. The predicted molar refractivity (Wildman–Crippen MR) is 96.0 cm³/mol. The Hall–Kier alpha value is -3.10. The zero-order valence-electron chi connectivity index (χ0n) is 16.0. The molecule has 0 saturated heterocycles. The third-order valence-electron chi connectivity index (χ3n) is 4.24. The molecule has 0 fully saturated rings. The number of hydrogen-bond donors (Lipinski definition) is 2. The summed E-state index contributed by atoms with van der Waals surface area (Å²) >= 11 is 0. The van der Waals surface area contributed by atoms with Crippen LogP contribution < -0.4 is 10.2 Å². The topological polar surface area (TPSA) is 122 Å². The van der Waals surface area contributed by atoms with Crippen LogP contribution >= 0.6 is 0 Å². The van der Waals surface area contributed by atoms with Crippen LogP contribution in [0.3, 0.4) is 0 Å². The summed E-state index contributed by atoms with van der Waals surface area (Å²) in [4.78, 5) is 49.7. The van der Waals surface area contributed by atoms with E-state index in [-0.39, 0.29) is 22.5 Å². The van der Waals surface area contributed by atoms with Crippen LogP contribution in [0.15, 0.2) is 12.1 Å². The van der Waals surface area contributed by atoms with Crippen molar-refractivity contribution in [1.29, 1.82) is 0 Å². The number of carbonyl (C=O) groups excluding carboxylic acids is 3. The van der Waals surface area contributed by atoms with E-state index in [1.165, 1.54) is 31.0 Å². The van der Waals surface area contributed by atoms with E-state index < -0.39 is 35.0 Å². The SMILES string of the molecule is COC(=O)c1cc2c(cc1NC(=O)OC(C)(C)C)N(C)C(=O)C2(C)C(=O)O. The number of nitrogens with one attached hydrogen (secondary N) is 1. The summed E-state index contributed by atoms with van der Waals surface area (Å²) in [5.74, 6) is -2.80. The van der Waals surface area contributed by atoms with Gasteiger partial charge in [-0.25, -0.2) is 9.59 Å². The fraction of sp³-hybridized carbons (Fsp3) is 0.444. The second-order valence-electron chi connectivity index (χ2n) is 7.33. The molecule has 0 aliphatic carbocycles. The zero-order valence-corrected chi connectivity index (χ0v) is 16.0. The van der Waals surface area contributed by atoms with Crippen LogP contribution in [0.4, 0.5) is 16.2 Å². The molecule has 9 heteroatoms. The molecule has 2 amide bonds. The first-order valence-electron chi connectivity index (χ1n) is 8.11. The van der Waals surface area contributed by atoms with Crippen molar-refractivity contribution in [1.82, 2.24) is 0 Å². The lowest BCUT2D eigenvalue weighted by atomic mass is 9.83. The van der Waals surface area contributed by atoms with Crippen LogP contribution in [-0.4, -0.2) is 48.8 Å². The van der Waals surface area contributed by atoms with Crippen molar-refractivity contribution in [3.05, 3.63) is 23.3 Å². The zero-order chi connectivity index (χ0) is 20.7. The summed E-state index contributed by atoms with van der Waals surface area (Å²) in [6.07, 6.45) is -0.805. The maximum Gasteiger partial charge on any atom is 0.412 e. The molecule has 2 N–H and O–H groups in total. The number of carboxylic acid groups (broad SMARTS) is 1. The van der Waals surface area contributed by atoms with Crippen LogP contribution in [0.5, 0.6) is 0 Å². The highest BCUT2D eigenvalue weighted by atomic mass is 16.6. The summed E-state index contributed by atoms with van der Waals surface area (Å²) in [6, 6.07) is 2.61. The van der Waals surface area contributed by atoms with E-state index in [1.807, 2.05) is 0 Å². The van der Waals surface area contributed by atoms with Gasteiger partial charge in [-0.1, -0.05) is 0 Å².